The molecule has 0 amide bonds. The number of rotatable bonds is 2. The number of ether oxygens (including phenoxy) is 1. The molecule has 0 saturated carbocycles. The maximum absolute atomic E-state index is 13.4. The molecular formula is C12H16ClFN2O. The Labute approximate surface area is 105 Å². The maximum atomic E-state index is 13.4. The van der Waals surface area contributed by atoms with Crippen LogP contribution in [0.25, 0.3) is 0 Å². The lowest BCUT2D eigenvalue weighted by atomic mass is 10.1. The number of nitrogens with zero attached hydrogens (tertiary/aromatic N) is 1. The van der Waals surface area contributed by atoms with Crippen molar-refractivity contribution in [1.82, 2.24) is 0 Å². The molecule has 0 bridgehead atoms. The van der Waals surface area contributed by atoms with Gasteiger partial charge in [0.15, 0.2) is 0 Å². The number of anilines is 2. The van der Waals surface area contributed by atoms with Gasteiger partial charge in [-0.2, -0.15) is 0 Å². The Hall–Kier alpha value is -1.00. The third kappa shape index (κ3) is 2.64. The lowest BCUT2D eigenvalue weighted by molar-refractivity contribution is 0.0855. The third-order valence-electron chi connectivity index (χ3n) is 3.19. The lowest BCUT2D eigenvalue weighted by Gasteiger charge is -2.33. The largest absolute Gasteiger partial charge is 0.397 e. The van der Waals surface area contributed by atoms with Crippen molar-refractivity contribution in [1.29, 1.82) is 0 Å². The van der Waals surface area contributed by atoms with E-state index >= 15 is 0 Å². The fourth-order valence-corrected chi connectivity index (χ4v) is 2.30. The van der Waals surface area contributed by atoms with Gasteiger partial charge in [-0.1, -0.05) is 11.6 Å². The first-order valence-corrected chi connectivity index (χ1v) is 6.02. The van der Waals surface area contributed by atoms with Crippen LogP contribution >= 0.6 is 11.6 Å². The zero-order valence-electron chi connectivity index (χ0n) is 9.75. The standard InChI is InChI=1S/C12H16ClFN2O/c1-16(8-2-4-17-5-3-8)12-7-10(14)9(13)6-11(12)15/h6-8H,2-5,15H2,1H3. The van der Waals surface area contributed by atoms with E-state index < -0.39 is 5.82 Å². The van der Waals surface area contributed by atoms with Gasteiger partial charge in [0.05, 0.1) is 16.4 Å². The number of hydrogen-bond donors (Lipinski definition) is 1. The molecule has 1 aromatic carbocycles. The van der Waals surface area contributed by atoms with E-state index in [4.69, 9.17) is 22.1 Å². The Morgan fingerprint density at radius 2 is 2.06 bits per heavy atom. The normalized spacial score (nSPS) is 17.1. The van der Waals surface area contributed by atoms with E-state index in [0.29, 0.717) is 17.4 Å². The van der Waals surface area contributed by atoms with Gasteiger partial charge < -0.3 is 15.4 Å². The Morgan fingerprint density at radius 3 is 2.71 bits per heavy atom. The molecule has 1 fully saturated rings. The maximum Gasteiger partial charge on any atom is 0.144 e. The van der Waals surface area contributed by atoms with Crippen LogP contribution in [0.2, 0.25) is 5.02 Å². The molecule has 0 aliphatic carbocycles. The Morgan fingerprint density at radius 1 is 1.41 bits per heavy atom. The predicted molar refractivity (Wildman–Crippen MR) is 68.1 cm³/mol. The zero-order chi connectivity index (χ0) is 12.4. The summed E-state index contributed by atoms with van der Waals surface area (Å²) in [6, 6.07) is 3.20. The van der Waals surface area contributed by atoms with Crippen LogP contribution in [0.15, 0.2) is 12.1 Å². The van der Waals surface area contributed by atoms with Gasteiger partial charge in [-0.25, -0.2) is 4.39 Å². The highest BCUT2D eigenvalue weighted by Gasteiger charge is 2.21. The van der Waals surface area contributed by atoms with Crippen molar-refractivity contribution in [2.45, 2.75) is 18.9 Å². The number of nitrogen functional groups attached to an aromatic ring is 1. The van der Waals surface area contributed by atoms with Crippen molar-refractivity contribution in [3.63, 3.8) is 0 Å². The average Bonchev–Trinajstić information content (AvgIpc) is 2.34. The molecular weight excluding hydrogens is 243 g/mol. The van der Waals surface area contributed by atoms with Gasteiger partial charge in [0.25, 0.3) is 0 Å². The molecule has 5 heteroatoms. The number of hydrogen-bond acceptors (Lipinski definition) is 3. The predicted octanol–water partition coefficient (Wildman–Crippen LogP) is 2.68. The zero-order valence-corrected chi connectivity index (χ0v) is 10.5. The van der Waals surface area contributed by atoms with Crippen molar-refractivity contribution in [2.75, 3.05) is 30.9 Å². The summed E-state index contributed by atoms with van der Waals surface area (Å²) >= 11 is 5.68. The molecule has 1 aromatic rings. The van der Waals surface area contributed by atoms with Crippen LogP contribution in [0.4, 0.5) is 15.8 Å². The number of benzene rings is 1. The summed E-state index contributed by atoms with van der Waals surface area (Å²) in [6.45, 7) is 1.48. The molecule has 0 atom stereocenters. The van der Waals surface area contributed by atoms with Crippen molar-refractivity contribution >= 4 is 23.0 Å². The Balaban J connectivity index is 2.23. The molecule has 2 N–H and O–H groups in total. The molecule has 17 heavy (non-hydrogen) atoms. The summed E-state index contributed by atoms with van der Waals surface area (Å²) in [7, 11) is 1.93. The molecule has 1 aliphatic rings. The second kappa shape index (κ2) is 5.10. The lowest BCUT2D eigenvalue weighted by Crippen LogP contribution is -2.37. The summed E-state index contributed by atoms with van der Waals surface area (Å²) in [5.74, 6) is -0.435. The smallest absolute Gasteiger partial charge is 0.144 e. The van der Waals surface area contributed by atoms with Crippen molar-refractivity contribution in [3.8, 4) is 0 Å². The van der Waals surface area contributed by atoms with Gasteiger partial charge >= 0.3 is 0 Å². The molecule has 0 spiro atoms. The van der Waals surface area contributed by atoms with Crippen LogP contribution in [-0.2, 0) is 4.74 Å². The first-order chi connectivity index (χ1) is 8.09. The highest BCUT2D eigenvalue weighted by molar-refractivity contribution is 6.31. The molecule has 2 rings (SSSR count). The van der Waals surface area contributed by atoms with Gasteiger partial charge in [0.1, 0.15) is 5.82 Å². The van der Waals surface area contributed by atoms with Crippen molar-refractivity contribution in [2.24, 2.45) is 0 Å². The van der Waals surface area contributed by atoms with Crippen LogP contribution < -0.4 is 10.6 Å². The minimum Gasteiger partial charge on any atom is -0.397 e. The van der Waals surface area contributed by atoms with Gasteiger partial charge in [-0.15, -0.1) is 0 Å². The molecule has 1 heterocycles. The van der Waals surface area contributed by atoms with Crippen LogP contribution in [0, 0.1) is 5.82 Å². The number of halogens is 2. The third-order valence-corrected chi connectivity index (χ3v) is 3.48. The monoisotopic (exact) mass is 258 g/mol. The van der Waals surface area contributed by atoms with E-state index in [-0.39, 0.29) is 5.02 Å². The second-order valence-corrected chi connectivity index (χ2v) is 4.69. The fourth-order valence-electron chi connectivity index (χ4n) is 2.13. The highest BCUT2D eigenvalue weighted by Crippen LogP contribution is 2.31. The molecule has 1 aliphatic heterocycles. The first kappa shape index (κ1) is 12.5. The van der Waals surface area contributed by atoms with E-state index in [1.165, 1.54) is 12.1 Å². The van der Waals surface area contributed by atoms with Crippen LogP contribution in [0.3, 0.4) is 0 Å². The Kier molecular flexibility index (Phi) is 3.74. The summed E-state index contributed by atoms with van der Waals surface area (Å²) in [6.07, 6.45) is 1.86. The van der Waals surface area contributed by atoms with Gasteiger partial charge in [0, 0.05) is 32.4 Å². The fraction of sp³-hybridized carbons (Fsp3) is 0.500. The first-order valence-electron chi connectivity index (χ1n) is 5.64. The quantitative estimate of drug-likeness (QED) is 0.829. The topological polar surface area (TPSA) is 38.5 Å². The second-order valence-electron chi connectivity index (χ2n) is 4.28. The molecule has 94 valence electrons. The Bertz CT molecular complexity index is 408. The summed E-state index contributed by atoms with van der Waals surface area (Å²) in [4.78, 5) is 2.01. The van der Waals surface area contributed by atoms with E-state index in [0.717, 1.165) is 26.1 Å². The molecule has 0 unspecified atom stereocenters. The van der Waals surface area contributed by atoms with E-state index in [2.05, 4.69) is 0 Å². The summed E-state index contributed by atoms with van der Waals surface area (Å²) < 4.78 is 18.8. The van der Waals surface area contributed by atoms with Gasteiger partial charge in [-0.3, -0.25) is 0 Å². The highest BCUT2D eigenvalue weighted by atomic mass is 35.5. The summed E-state index contributed by atoms with van der Waals surface area (Å²) in [5, 5.41) is 0.0617. The molecule has 0 aromatic heterocycles. The SMILES string of the molecule is CN(c1cc(F)c(Cl)cc1N)C1CCOCC1. The van der Waals surface area contributed by atoms with Crippen LogP contribution in [-0.4, -0.2) is 26.3 Å². The van der Waals surface area contributed by atoms with Crippen molar-refractivity contribution < 1.29 is 9.13 Å². The number of nitrogens with two attached hydrogens (primary N) is 1. The van der Waals surface area contributed by atoms with Crippen LogP contribution in [0.5, 0.6) is 0 Å². The average molecular weight is 259 g/mol. The van der Waals surface area contributed by atoms with Crippen molar-refractivity contribution in [3.05, 3.63) is 23.0 Å². The van der Waals surface area contributed by atoms with Gasteiger partial charge in [-0.05, 0) is 18.9 Å². The molecule has 1 saturated heterocycles. The van der Waals surface area contributed by atoms with E-state index in [9.17, 15) is 4.39 Å². The van der Waals surface area contributed by atoms with E-state index in [1.54, 1.807) is 0 Å². The minimum absolute atomic E-state index is 0.0617. The van der Waals surface area contributed by atoms with Crippen LogP contribution in [0.1, 0.15) is 12.8 Å². The summed E-state index contributed by atoms with van der Waals surface area (Å²) in [5.41, 5.74) is 7.07. The molecule has 3 nitrogen and oxygen atoms in total. The van der Waals surface area contributed by atoms with E-state index in [1.807, 2.05) is 11.9 Å². The molecule has 0 radical (unpaired) electrons. The minimum atomic E-state index is -0.435. The van der Waals surface area contributed by atoms with Gasteiger partial charge in [0.2, 0.25) is 0 Å².